The third-order valence-corrected chi connectivity index (χ3v) is 7.01. The van der Waals surface area contributed by atoms with E-state index < -0.39 is 11.9 Å². The second-order valence-electron chi connectivity index (χ2n) is 9.58. The van der Waals surface area contributed by atoms with Crippen LogP contribution in [0.5, 0.6) is 5.75 Å². The minimum atomic E-state index is -0.798. The van der Waals surface area contributed by atoms with Gasteiger partial charge in [-0.2, -0.15) is 0 Å². The summed E-state index contributed by atoms with van der Waals surface area (Å²) >= 11 is 6.03. The van der Waals surface area contributed by atoms with E-state index >= 15 is 0 Å². The smallest absolute Gasteiger partial charge is 0.308 e. The first kappa shape index (κ1) is 25.7. The van der Waals surface area contributed by atoms with E-state index in [0.29, 0.717) is 44.2 Å². The van der Waals surface area contributed by atoms with E-state index in [1.165, 1.54) is 0 Å². The molecule has 1 aliphatic heterocycles. The molecule has 0 radical (unpaired) electrons. The van der Waals surface area contributed by atoms with Crippen LogP contribution in [0.1, 0.15) is 22.7 Å². The molecule has 38 heavy (non-hydrogen) atoms. The molecule has 0 aliphatic carbocycles. The molecular formula is C29H29ClN4O4. The average Bonchev–Trinajstić information content (AvgIpc) is 3.49. The summed E-state index contributed by atoms with van der Waals surface area (Å²) in [6.07, 6.45) is 1.28. The summed E-state index contributed by atoms with van der Waals surface area (Å²) in [7, 11) is 0. The van der Waals surface area contributed by atoms with Gasteiger partial charge >= 0.3 is 5.97 Å². The van der Waals surface area contributed by atoms with Crippen molar-refractivity contribution in [3.05, 3.63) is 88.7 Å². The first-order valence-electron chi connectivity index (χ1n) is 12.6. The molecule has 9 heteroatoms. The first-order valence-corrected chi connectivity index (χ1v) is 13.0. The van der Waals surface area contributed by atoms with Crippen molar-refractivity contribution >= 4 is 23.4 Å². The number of nitrogens with zero attached hydrogens (tertiary/aromatic N) is 4. The Bertz CT molecular complexity index is 1390. The van der Waals surface area contributed by atoms with Crippen LogP contribution in [-0.2, 0) is 17.6 Å². The normalized spacial score (nSPS) is 17.1. The number of halogens is 1. The van der Waals surface area contributed by atoms with Crippen LogP contribution < -0.4 is 9.64 Å². The Kier molecular flexibility index (Phi) is 7.60. The average molecular weight is 533 g/mol. The lowest BCUT2D eigenvalue weighted by Gasteiger charge is -2.18. The maximum absolute atomic E-state index is 12.0. The monoisotopic (exact) mass is 532 g/mol. The highest BCUT2D eigenvalue weighted by Crippen LogP contribution is 2.31. The number of aliphatic carboxylic acids is 1. The van der Waals surface area contributed by atoms with Gasteiger partial charge < -0.3 is 19.2 Å². The molecule has 1 fully saturated rings. The molecule has 4 aromatic rings. The zero-order valence-corrected chi connectivity index (χ0v) is 22.1. The van der Waals surface area contributed by atoms with Crippen molar-refractivity contribution in [3.8, 4) is 17.2 Å². The van der Waals surface area contributed by atoms with Crippen LogP contribution in [0.15, 0.2) is 65.1 Å². The number of aromatic nitrogens is 3. The maximum Gasteiger partial charge on any atom is 0.308 e. The van der Waals surface area contributed by atoms with E-state index in [4.69, 9.17) is 20.8 Å². The van der Waals surface area contributed by atoms with Crippen LogP contribution >= 0.6 is 11.6 Å². The van der Waals surface area contributed by atoms with Crippen LogP contribution in [0.2, 0.25) is 5.28 Å². The van der Waals surface area contributed by atoms with E-state index in [2.05, 4.69) is 15.0 Å². The fourth-order valence-corrected chi connectivity index (χ4v) is 5.10. The van der Waals surface area contributed by atoms with Gasteiger partial charge in [0.1, 0.15) is 17.3 Å². The van der Waals surface area contributed by atoms with Crippen LogP contribution in [0, 0.1) is 25.7 Å². The number of benzene rings is 2. The molecule has 1 N–H and O–H groups in total. The van der Waals surface area contributed by atoms with Crippen molar-refractivity contribution in [2.45, 2.75) is 26.7 Å². The molecule has 0 amide bonds. The van der Waals surface area contributed by atoms with Gasteiger partial charge in [-0.1, -0.05) is 30.3 Å². The number of ether oxygens (including phenoxy) is 1. The lowest BCUT2D eigenvalue weighted by atomic mass is 9.90. The van der Waals surface area contributed by atoms with Gasteiger partial charge in [0.2, 0.25) is 11.2 Å². The van der Waals surface area contributed by atoms with E-state index in [0.717, 1.165) is 34.0 Å². The summed E-state index contributed by atoms with van der Waals surface area (Å²) in [6, 6.07) is 19.5. The quantitative estimate of drug-likeness (QED) is 0.286. The number of carbonyl (C=O) groups is 1. The van der Waals surface area contributed by atoms with E-state index in [9.17, 15) is 9.90 Å². The topological polar surface area (TPSA) is 102 Å². The maximum atomic E-state index is 12.0. The first-order chi connectivity index (χ1) is 18.4. The van der Waals surface area contributed by atoms with Crippen molar-refractivity contribution in [3.63, 3.8) is 0 Å². The Morgan fingerprint density at radius 1 is 1.08 bits per heavy atom. The predicted octanol–water partition coefficient (Wildman–Crippen LogP) is 5.40. The van der Waals surface area contributed by atoms with Gasteiger partial charge in [-0.15, -0.1) is 0 Å². The molecule has 3 heterocycles. The van der Waals surface area contributed by atoms with E-state index in [1.54, 1.807) is 0 Å². The summed E-state index contributed by atoms with van der Waals surface area (Å²) in [4.78, 5) is 27.0. The van der Waals surface area contributed by atoms with Gasteiger partial charge in [0.25, 0.3) is 0 Å². The summed E-state index contributed by atoms with van der Waals surface area (Å²) in [5.41, 5.74) is 3.64. The van der Waals surface area contributed by atoms with Gasteiger partial charge in [0, 0.05) is 36.8 Å². The van der Waals surface area contributed by atoms with Gasteiger partial charge in [-0.3, -0.25) is 4.79 Å². The molecule has 5 rings (SSSR count). The molecule has 0 bridgehead atoms. The molecule has 196 valence electrons. The highest BCUT2D eigenvalue weighted by atomic mass is 35.5. The molecule has 8 nitrogen and oxygen atoms in total. The van der Waals surface area contributed by atoms with Gasteiger partial charge in [0.15, 0.2) is 0 Å². The number of carboxylic acid groups (broad SMARTS) is 1. The third-order valence-electron chi connectivity index (χ3n) is 6.84. The number of carboxylic acids is 1. The number of aryl methyl sites for hydroxylation is 2. The number of hydrogen-bond donors (Lipinski definition) is 1. The van der Waals surface area contributed by atoms with E-state index in [-0.39, 0.29) is 11.2 Å². The zero-order valence-electron chi connectivity index (χ0n) is 21.3. The van der Waals surface area contributed by atoms with Crippen molar-refractivity contribution < 1.29 is 19.1 Å². The third kappa shape index (κ3) is 5.97. The SMILES string of the molecule is Cc1cc(N2C[C@@H](Cc3ccc(OCCc4nc(-c5ccccc5)oc4C)cc3)[C@@H](C(=O)O)C2)nc(Cl)n1. The minimum Gasteiger partial charge on any atom is -0.493 e. The van der Waals surface area contributed by atoms with Crippen LogP contribution in [0.25, 0.3) is 11.5 Å². The van der Waals surface area contributed by atoms with Gasteiger partial charge in [-0.25, -0.2) is 15.0 Å². The Balaban J connectivity index is 1.17. The second kappa shape index (κ2) is 11.2. The molecule has 2 aromatic heterocycles. The summed E-state index contributed by atoms with van der Waals surface area (Å²) < 4.78 is 11.8. The molecular weight excluding hydrogens is 504 g/mol. The second-order valence-corrected chi connectivity index (χ2v) is 9.92. The van der Waals surface area contributed by atoms with Crippen molar-refractivity contribution in [1.82, 2.24) is 15.0 Å². The lowest BCUT2D eigenvalue weighted by molar-refractivity contribution is -0.142. The molecule has 0 unspecified atom stereocenters. The van der Waals surface area contributed by atoms with E-state index in [1.807, 2.05) is 79.4 Å². The van der Waals surface area contributed by atoms with Gasteiger partial charge in [0.05, 0.1) is 18.2 Å². The fraction of sp³-hybridized carbons (Fsp3) is 0.310. The standard InChI is InChI=1S/C29H29ClN4O4/c1-18-14-26(33-29(30)31-18)34-16-22(24(17-34)28(35)36)15-20-8-10-23(11-9-20)37-13-12-25-19(2)38-27(32-25)21-6-4-3-5-7-21/h3-11,14,22,24H,12-13,15-17H2,1-2H3,(H,35,36)/t22-,24+/m1/s1. The summed E-state index contributed by atoms with van der Waals surface area (Å²) in [5.74, 6) is 1.48. The van der Waals surface area contributed by atoms with Crippen LogP contribution in [-0.4, -0.2) is 45.7 Å². The number of anilines is 1. The number of rotatable bonds is 9. The fourth-order valence-electron chi connectivity index (χ4n) is 4.88. The molecule has 2 atom stereocenters. The summed E-state index contributed by atoms with van der Waals surface area (Å²) in [6.45, 7) is 5.21. The minimum absolute atomic E-state index is 0.0535. The largest absolute Gasteiger partial charge is 0.493 e. The Labute approximate surface area is 226 Å². The van der Waals surface area contributed by atoms with Crippen molar-refractivity contribution in [2.75, 3.05) is 24.6 Å². The number of oxazole rings is 1. The highest BCUT2D eigenvalue weighted by molar-refractivity contribution is 6.28. The molecule has 1 aliphatic rings. The highest BCUT2D eigenvalue weighted by Gasteiger charge is 2.38. The molecule has 0 spiro atoms. The molecule has 0 saturated carbocycles. The molecule has 1 saturated heterocycles. The van der Waals surface area contributed by atoms with Crippen molar-refractivity contribution in [2.24, 2.45) is 11.8 Å². The lowest BCUT2D eigenvalue weighted by Crippen LogP contribution is -2.24. The van der Waals surface area contributed by atoms with Crippen molar-refractivity contribution in [1.29, 1.82) is 0 Å². The van der Waals surface area contributed by atoms with Gasteiger partial charge in [-0.05, 0) is 67.6 Å². The Morgan fingerprint density at radius 3 is 2.55 bits per heavy atom. The Hall–Kier alpha value is -3.91. The predicted molar refractivity (Wildman–Crippen MR) is 145 cm³/mol. The summed E-state index contributed by atoms with van der Waals surface area (Å²) in [5, 5.41) is 10.0. The zero-order chi connectivity index (χ0) is 26.6. The van der Waals surface area contributed by atoms with Crippen LogP contribution in [0.4, 0.5) is 5.82 Å². The Morgan fingerprint density at radius 2 is 1.84 bits per heavy atom. The van der Waals surface area contributed by atoms with Crippen LogP contribution in [0.3, 0.4) is 0 Å². The number of hydrogen-bond acceptors (Lipinski definition) is 7. The molecule has 2 aromatic carbocycles.